The molecule has 0 saturated heterocycles. The Morgan fingerprint density at radius 2 is 1.57 bits per heavy atom. The molecule has 4 amide bonds. The van der Waals surface area contributed by atoms with Gasteiger partial charge in [-0.25, -0.2) is 0 Å². The number of nitrogens with zero attached hydrogens (tertiary/aromatic N) is 1. The maximum absolute atomic E-state index is 13.4. The molecule has 1 saturated carbocycles. The molecule has 2 aliphatic rings. The number of anilines is 2. The van der Waals surface area contributed by atoms with E-state index in [0.717, 1.165) is 50.7 Å². The molecule has 3 N–H and O–H groups in total. The highest BCUT2D eigenvalue weighted by Crippen LogP contribution is 2.33. The molecular weight excluding hydrogens is 560 g/mol. The summed E-state index contributed by atoms with van der Waals surface area (Å²) in [5, 5.41) is 8.55. The molecule has 1 heterocycles. The van der Waals surface area contributed by atoms with E-state index in [2.05, 4.69) is 16.0 Å². The van der Waals surface area contributed by atoms with E-state index in [9.17, 15) is 19.2 Å². The maximum Gasteiger partial charge on any atom is 0.262 e. The second kappa shape index (κ2) is 14.7. The summed E-state index contributed by atoms with van der Waals surface area (Å²) in [5.74, 6) is -0.241. The van der Waals surface area contributed by atoms with E-state index in [1.165, 1.54) is 0 Å². The monoisotopic (exact) mass is 598 g/mol. The summed E-state index contributed by atoms with van der Waals surface area (Å²) >= 11 is 0. The van der Waals surface area contributed by atoms with E-state index in [1.54, 1.807) is 61.7 Å². The predicted octanol–water partition coefficient (Wildman–Crippen LogP) is 5.01. The highest BCUT2D eigenvalue weighted by Gasteiger charge is 2.33. The topological polar surface area (TPSA) is 126 Å². The zero-order valence-electron chi connectivity index (χ0n) is 24.9. The van der Waals surface area contributed by atoms with Crippen LogP contribution in [0.15, 0.2) is 66.7 Å². The third-order valence-electron chi connectivity index (χ3n) is 7.64. The van der Waals surface area contributed by atoms with Crippen LogP contribution in [0.5, 0.6) is 5.75 Å². The smallest absolute Gasteiger partial charge is 0.262 e. The SMILES string of the molecule is COCCCCCCNC(=O)c1ccc(NC(=O)c2ccc(CN(C(=O)c3ccc4c(c3)OCC(=O)N4)C3CC3)cc2)cc1. The number of carbonyl (C=O) groups is 4. The largest absolute Gasteiger partial charge is 0.482 e. The Kier molecular flexibility index (Phi) is 10.2. The van der Waals surface area contributed by atoms with Gasteiger partial charge in [-0.2, -0.15) is 0 Å². The van der Waals surface area contributed by atoms with Crippen molar-refractivity contribution in [3.63, 3.8) is 0 Å². The number of methoxy groups -OCH3 is 1. The predicted molar refractivity (Wildman–Crippen MR) is 167 cm³/mol. The summed E-state index contributed by atoms with van der Waals surface area (Å²) in [7, 11) is 1.70. The van der Waals surface area contributed by atoms with Crippen LogP contribution in [-0.2, 0) is 16.1 Å². The van der Waals surface area contributed by atoms with Crippen LogP contribution in [0.2, 0.25) is 0 Å². The molecule has 0 radical (unpaired) electrons. The minimum atomic E-state index is -0.265. The molecule has 10 heteroatoms. The van der Waals surface area contributed by atoms with Crippen molar-refractivity contribution in [2.45, 2.75) is 51.1 Å². The lowest BCUT2D eigenvalue weighted by molar-refractivity contribution is -0.118. The zero-order valence-corrected chi connectivity index (χ0v) is 24.9. The number of fused-ring (bicyclic) bond motifs is 1. The number of nitrogens with one attached hydrogen (secondary N) is 3. The van der Waals surface area contributed by atoms with Crippen LogP contribution in [0.1, 0.15) is 75.2 Å². The van der Waals surface area contributed by atoms with E-state index in [-0.39, 0.29) is 36.3 Å². The van der Waals surface area contributed by atoms with Crippen LogP contribution < -0.4 is 20.7 Å². The van der Waals surface area contributed by atoms with Gasteiger partial charge in [0.2, 0.25) is 0 Å². The van der Waals surface area contributed by atoms with Crippen LogP contribution in [0.25, 0.3) is 0 Å². The lowest BCUT2D eigenvalue weighted by atomic mass is 10.1. The number of hydrogen-bond donors (Lipinski definition) is 3. The third kappa shape index (κ3) is 8.23. The van der Waals surface area contributed by atoms with Gasteiger partial charge in [0.1, 0.15) is 5.75 Å². The van der Waals surface area contributed by atoms with Gasteiger partial charge in [-0.05, 0) is 85.8 Å². The molecule has 0 atom stereocenters. The number of benzene rings is 3. The minimum absolute atomic E-state index is 0.0734. The molecule has 0 spiro atoms. The highest BCUT2D eigenvalue weighted by atomic mass is 16.5. The van der Waals surface area contributed by atoms with Gasteiger partial charge in [0.15, 0.2) is 6.61 Å². The first kappa shape index (κ1) is 30.7. The summed E-state index contributed by atoms with van der Waals surface area (Å²) < 4.78 is 10.5. The second-order valence-corrected chi connectivity index (χ2v) is 11.1. The first-order valence-electron chi connectivity index (χ1n) is 15.1. The van der Waals surface area contributed by atoms with Crippen molar-refractivity contribution in [3.05, 3.63) is 89.0 Å². The van der Waals surface area contributed by atoms with Crippen molar-refractivity contribution in [1.29, 1.82) is 0 Å². The Labute approximate surface area is 257 Å². The molecule has 0 aromatic heterocycles. The fourth-order valence-corrected chi connectivity index (χ4v) is 5.02. The molecule has 5 rings (SSSR count). The number of ether oxygens (including phenoxy) is 2. The van der Waals surface area contributed by atoms with Gasteiger partial charge in [-0.15, -0.1) is 0 Å². The Hall–Kier alpha value is -4.70. The Morgan fingerprint density at radius 1 is 0.886 bits per heavy atom. The van der Waals surface area contributed by atoms with Crippen molar-refractivity contribution in [3.8, 4) is 5.75 Å². The fraction of sp³-hybridized carbons (Fsp3) is 0.353. The first-order chi connectivity index (χ1) is 21.4. The van der Waals surface area contributed by atoms with E-state index >= 15 is 0 Å². The number of rotatable bonds is 14. The van der Waals surface area contributed by atoms with Gasteiger partial charge < -0.3 is 30.3 Å². The second-order valence-electron chi connectivity index (χ2n) is 11.1. The summed E-state index contributed by atoms with van der Waals surface area (Å²) in [4.78, 5) is 52.1. The van der Waals surface area contributed by atoms with Gasteiger partial charge in [-0.3, -0.25) is 19.2 Å². The van der Waals surface area contributed by atoms with Crippen LogP contribution >= 0.6 is 0 Å². The number of amides is 4. The fourth-order valence-electron chi connectivity index (χ4n) is 5.02. The zero-order chi connectivity index (χ0) is 30.9. The molecule has 3 aromatic rings. The molecule has 0 bridgehead atoms. The van der Waals surface area contributed by atoms with Crippen molar-refractivity contribution in [2.24, 2.45) is 0 Å². The molecular formula is C34H38N4O6. The van der Waals surface area contributed by atoms with Gasteiger partial charge in [0.05, 0.1) is 5.69 Å². The molecule has 10 nitrogen and oxygen atoms in total. The van der Waals surface area contributed by atoms with Crippen LogP contribution in [0.4, 0.5) is 11.4 Å². The standard InChI is InChI=1S/C34H38N4O6/c1-43-19-5-3-2-4-18-35-32(40)24-10-13-27(14-11-24)36-33(41)25-8-6-23(7-9-25)21-38(28-15-16-28)34(42)26-12-17-29-30(20-26)44-22-31(39)37-29/h6-14,17,20,28H,2-5,15-16,18-19,21-22H2,1H3,(H,35,40)(H,36,41)(H,37,39). The Balaban J connectivity index is 1.12. The number of unbranched alkanes of at least 4 members (excludes halogenated alkanes) is 3. The molecule has 0 unspecified atom stereocenters. The molecule has 1 aliphatic heterocycles. The van der Waals surface area contributed by atoms with Gasteiger partial charge in [0, 0.05) is 55.2 Å². The minimum Gasteiger partial charge on any atom is -0.482 e. The number of carbonyl (C=O) groups excluding carboxylic acids is 4. The lowest BCUT2D eigenvalue weighted by Gasteiger charge is -2.24. The molecule has 230 valence electrons. The molecule has 44 heavy (non-hydrogen) atoms. The van der Waals surface area contributed by atoms with Crippen molar-refractivity contribution in [2.75, 3.05) is 37.5 Å². The van der Waals surface area contributed by atoms with E-state index < -0.39 is 0 Å². The Morgan fingerprint density at radius 3 is 2.30 bits per heavy atom. The molecule has 3 aromatic carbocycles. The van der Waals surface area contributed by atoms with Crippen LogP contribution in [0.3, 0.4) is 0 Å². The van der Waals surface area contributed by atoms with E-state index in [1.807, 2.05) is 17.0 Å². The first-order valence-corrected chi connectivity index (χ1v) is 15.1. The van der Waals surface area contributed by atoms with E-state index in [0.29, 0.717) is 46.9 Å². The normalized spacial score (nSPS) is 13.7. The molecule has 1 fully saturated rings. The quantitative estimate of drug-likeness (QED) is 0.224. The van der Waals surface area contributed by atoms with Gasteiger partial charge in [-0.1, -0.05) is 25.0 Å². The van der Waals surface area contributed by atoms with Crippen LogP contribution in [-0.4, -0.2) is 61.4 Å². The summed E-state index contributed by atoms with van der Waals surface area (Å²) in [6, 6.07) is 19.2. The lowest BCUT2D eigenvalue weighted by Crippen LogP contribution is -2.33. The average molecular weight is 599 g/mol. The van der Waals surface area contributed by atoms with Crippen molar-refractivity contribution < 1.29 is 28.7 Å². The maximum atomic E-state index is 13.4. The van der Waals surface area contributed by atoms with Gasteiger partial charge in [0.25, 0.3) is 23.6 Å². The summed E-state index contributed by atoms with van der Waals surface area (Å²) in [6.07, 6.45) is 5.95. The van der Waals surface area contributed by atoms with Crippen molar-refractivity contribution >= 4 is 35.0 Å². The summed E-state index contributed by atoms with van der Waals surface area (Å²) in [5.41, 5.74) is 3.58. The highest BCUT2D eigenvalue weighted by molar-refractivity contribution is 6.04. The van der Waals surface area contributed by atoms with Crippen molar-refractivity contribution in [1.82, 2.24) is 10.2 Å². The average Bonchev–Trinajstić information content (AvgIpc) is 3.89. The third-order valence-corrected chi connectivity index (χ3v) is 7.64. The van der Waals surface area contributed by atoms with Gasteiger partial charge >= 0.3 is 0 Å². The van der Waals surface area contributed by atoms with Crippen LogP contribution in [0, 0.1) is 0 Å². The Bertz CT molecular complexity index is 1480. The molecule has 1 aliphatic carbocycles. The van der Waals surface area contributed by atoms with E-state index in [4.69, 9.17) is 9.47 Å². The summed E-state index contributed by atoms with van der Waals surface area (Å²) in [6.45, 7) is 1.73. The number of hydrogen-bond acceptors (Lipinski definition) is 6.